The van der Waals surface area contributed by atoms with Crippen molar-refractivity contribution in [1.82, 2.24) is 59.8 Å². The molecule has 6 aromatic rings. The first kappa shape index (κ1) is 26.2. The molecule has 0 aliphatic rings. The van der Waals surface area contributed by atoms with Gasteiger partial charge in [0.25, 0.3) is 16.7 Å². The molecule has 0 saturated carbocycles. The largest absolute Gasteiger partial charge is 0.369 e. The van der Waals surface area contributed by atoms with Crippen molar-refractivity contribution in [3.05, 3.63) is 68.2 Å². The van der Waals surface area contributed by atoms with Gasteiger partial charge in [-0.1, -0.05) is 0 Å². The van der Waals surface area contributed by atoms with Crippen LogP contribution in [0.5, 0.6) is 0 Å². The van der Waals surface area contributed by atoms with E-state index in [4.69, 9.17) is 17.2 Å². The normalized spacial score (nSPS) is 10.1. The second-order valence-electron chi connectivity index (χ2n) is 6.54. The molecule has 0 spiro atoms. The molecule has 0 amide bonds. The molecule has 0 aliphatic carbocycles. The number of rotatable bonds is 0. The van der Waals surface area contributed by atoms with Crippen molar-refractivity contribution >= 4 is 51.3 Å². The Kier molecular flexibility index (Phi) is 8.02. The quantitative estimate of drug-likeness (QED) is 0.111. The third-order valence-corrected chi connectivity index (χ3v) is 4.09. The summed E-state index contributed by atoms with van der Waals surface area (Å²) >= 11 is 0. The van der Waals surface area contributed by atoms with Crippen LogP contribution < -0.4 is 33.9 Å². The topological polar surface area (TPSA) is 293 Å². The number of nitrogens with zero attached hydrogens (tertiary/aromatic N) is 9. The van der Waals surface area contributed by atoms with E-state index in [-0.39, 0.29) is 85.1 Å². The Morgan fingerprint density at radius 1 is 0.459 bits per heavy atom. The molecule has 6 aromatic heterocycles. The monoisotopic (exact) mass is 544 g/mol. The first-order valence-electron chi connectivity index (χ1n) is 9.71. The van der Waals surface area contributed by atoms with E-state index in [2.05, 4.69) is 59.8 Å². The zero-order valence-corrected chi connectivity index (χ0v) is 19.5. The van der Waals surface area contributed by atoms with Crippen LogP contribution in [0.4, 0.5) is 17.8 Å². The van der Waals surface area contributed by atoms with Gasteiger partial charge >= 0.3 is 0 Å². The number of aromatic amines is 3. The van der Waals surface area contributed by atoms with Crippen molar-refractivity contribution in [2.45, 2.75) is 0 Å². The fourth-order valence-electron chi connectivity index (χ4n) is 2.67. The number of aromatic nitrogens is 12. The molecule has 187 valence electrons. The van der Waals surface area contributed by atoms with Gasteiger partial charge in [-0.05, 0) is 0 Å². The van der Waals surface area contributed by atoms with Gasteiger partial charge in [0.15, 0.2) is 33.5 Å². The predicted molar refractivity (Wildman–Crippen MR) is 127 cm³/mol. The molecular weight excluding hydrogens is 529 g/mol. The Labute approximate surface area is 213 Å². The smallest absolute Gasteiger partial charge is 0.280 e. The van der Waals surface area contributed by atoms with Crippen LogP contribution in [-0.2, 0) is 17.1 Å². The van der Waals surface area contributed by atoms with Crippen LogP contribution in [0.1, 0.15) is 0 Å². The van der Waals surface area contributed by atoms with Crippen LogP contribution in [0.15, 0.2) is 51.6 Å². The van der Waals surface area contributed by atoms with E-state index in [0.29, 0.717) is 0 Å². The van der Waals surface area contributed by atoms with Gasteiger partial charge in [-0.25, -0.2) is 29.9 Å². The summed E-state index contributed by atoms with van der Waals surface area (Å²) in [7, 11) is 0. The van der Waals surface area contributed by atoms with Crippen molar-refractivity contribution in [2.75, 3.05) is 17.2 Å². The minimum Gasteiger partial charge on any atom is -0.369 e. The number of nitrogens with one attached hydrogen (secondary N) is 3. The fourth-order valence-corrected chi connectivity index (χ4v) is 2.67. The first-order chi connectivity index (χ1) is 17.3. The molecule has 9 N–H and O–H groups in total. The van der Waals surface area contributed by atoms with Crippen LogP contribution in [0.2, 0.25) is 0 Å². The Hall–Kier alpha value is -5.42. The van der Waals surface area contributed by atoms with E-state index in [9.17, 15) is 14.4 Å². The van der Waals surface area contributed by atoms with Crippen LogP contribution in [-0.4, -0.2) is 59.8 Å². The Morgan fingerprint density at radius 3 is 0.973 bits per heavy atom. The molecule has 0 saturated heterocycles. The van der Waals surface area contributed by atoms with E-state index >= 15 is 0 Å². The van der Waals surface area contributed by atoms with Crippen LogP contribution in [0.3, 0.4) is 0 Å². The summed E-state index contributed by atoms with van der Waals surface area (Å²) in [6.45, 7) is 0. The standard InChI is InChI=1S/3C6H5N5O.Mn/c3*7-6-10-4-3(5(12)11-6)8-1-2-9-4;/h3*1-2H,(H3,7,9,10,11,12);. The maximum Gasteiger partial charge on any atom is 0.280 e. The summed E-state index contributed by atoms with van der Waals surface area (Å²) < 4.78 is 0. The van der Waals surface area contributed by atoms with E-state index in [0.717, 1.165) is 0 Å². The molecule has 0 aromatic carbocycles. The summed E-state index contributed by atoms with van der Waals surface area (Å²) in [5.41, 5.74) is 16.2. The van der Waals surface area contributed by atoms with Crippen molar-refractivity contribution in [3.63, 3.8) is 0 Å². The average Bonchev–Trinajstić information content (AvgIpc) is 2.85. The Balaban J connectivity index is 0.000000152. The number of fused-ring (bicyclic) bond motifs is 3. The molecule has 18 nitrogen and oxygen atoms in total. The number of nitrogens with two attached hydrogens (primary N) is 3. The first-order valence-corrected chi connectivity index (χ1v) is 9.71. The van der Waals surface area contributed by atoms with Crippen LogP contribution in [0, 0.1) is 0 Å². The van der Waals surface area contributed by atoms with Gasteiger partial charge in [0.05, 0.1) is 0 Å². The van der Waals surface area contributed by atoms with Gasteiger partial charge in [-0.15, -0.1) is 0 Å². The van der Waals surface area contributed by atoms with Crippen molar-refractivity contribution < 1.29 is 17.1 Å². The van der Waals surface area contributed by atoms with E-state index < -0.39 is 0 Å². The molecule has 19 heteroatoms. The minimum atomic E-state index is -0.370. The Bertz CT molecular complexity index is 1650. The fraction of sp³-hybridized carbons (Fsp3) is 0. The number of hydrogen-bond donors (Lipinski definition) is 6. The summed E-state index contributed by atoms with van der Waals surface area (Å²) in [5, 5.41) is 0. The maximum absolute atomic E-state index is 11.1. The molecule has 0 unspecified atom stereocenters. The zero-order valence-electron chi connectivity index (χ0n) is 18.3. The molecule has 0 fully saturated rings. The molecule has 0 bridgehead atoms. The molecule has 1 radical (unpaired) electrons. The summed E-state index contributed by atoms with van der Waals surface area (Å²) in [6, 6.07) is 0. The average molecular weight is 544 g/mol. The van der Waals surface area contributed by atoms with Crippen molar-refractivity contribution in [1.29, 1.82) is 0 Å². The predicted octanol–water partition coefficient (Wildman–Crippen LogP) is -2.12. The second-order valence-corrected chi connectivity index (χ2v) is 6.54. The maximum atomic E-state index is 11.1. The molecule has 6 heterocycles. The van der Waals surface area contributed by atoms with Gasteiger partial charge < -0.3 is 17.2 Å². The van der Waals surface area contributed by atoms with Crippen LogP contribution >= 0.6 is 0 Å². The summed E-state index contributed by atoms with van der Waals surface area (Å²) in [4.78, 5) is 74.6. The van der Waals surface area contributed by atoms with E-state index in [1.54, 1.807) is 0 Å². The second kappa shape index (κ2) is 11.3. The van der Waals surface area contributed by atoms with Crippen molar-refractivity contribution in [3.8, 4) is 0 Å². The third kappa shape index (κ3) is 6.18. The molecule has 6 rings (SSSR count). The number of hydrogen-bond acceptors (Lipinski definition) is 15. The zero-order chi connectivity index (χ0) is 25.7. The summed E-state index contributed by atoms with van der Waals surface area (Å²) in [6.07, 6.45) is 8.64. The molecule has 37 heavy (non-hydrogen) atoms. The summed E-state index contributed by atoms with van der Waals surface area (Å²) in [5.74, 6) is 0.147. The molecular formula is C18H15MnN15O3. The van der Waals surface area contributed by atoms with Gasteiger partial charge in [0, 0.05) is 54.2 Å². The van der Waals surface area contributed by atoms with E-state index in [1.807, 2.05) is 0 Å². The minimum absolute atomic E-state index is 0. The van der Waals surface area contributed by atoms with Gasteiger partial charge in [0.2, 0.25) is 17.8 Å². The van der Waals surface area contributed by atoms with Gasteiger partial charge in [-0.3, -0.25) is 29.3 Å². The van der Waals surface area contributed by atoms with Crippen molar-refractivity contribution in [2.24, 2.45) is 0 Å². The SMILES string of the molecule is Nc1nc2nccnc2c(=O)[nH]1.Nc1nc2nccnc2c(=O)[nH]1.Nc1nc2nccnc2c(=O)[nH]1.[Mn]. The van der Waals surface area contributed by atoms with E-state index in [1.165, 1.54) is 37.2 Å². The van der Waals surface area contributed by atoms with Gasteiger partial charge in [0.1, 0.15) is 0 Å². The number of anilines is 3. The third-order valence-electron chi connectivity index (χ3n) is 4.09. The molecule has 0 atom stereocenters. The Morgan fingerprint density at radius 2 is 0.703 bits per heavy atom. The number of H-pyrrole nitrogens is 3. The van der Waals surface area contributed by atoms with Crippen LogP contribution in [0.25, 0.3) is 33.5 Å². The number of nitrogen functional groups attached to an aromatic ring is 3. The molecule has 0 aliphatic heterocycles. The van der Waals surface area contributed by atoms with Gasteiger partial charge in [-0.2, -0.15) is 15.0 Å².